The van der Waals surface area contributed by atoms with E-state index in [0.717, 1.165) is 11.2 Å². The topological polar surface area (TPSA) is 96.3 Å². The lowest BCUT2D eigenvalue weighted by atomic mass is 10.2. The van der Waals surface area contributed by atoms with E-state index >= 15 is 0 Å². The van der Waals surface area contributed by atoms with Gasteiger partial charge in [0.25, 0.3) is 0 Å². The number of ether oxygens (including phenoxy) is 1. The van der Waals surface area contributed by atoms with Crippen LogP contribution in [0.5, 0.6) is 0 Å². The van der Waals surface area contributed by atoms with Crippen molar-refractivity contribution in [1.82, 2.24) is 5.01 Å². The summed E-state index contributed by atoms with van der Waals surface area (Å²) in [5.74, 6) is -1.48. The van der Waals surface area contributed by atoms with Crippen LogP contribution in [0.4, 0.5) is 4.79 Å². The van der Waals surface area contributed by atoms with Gasteiger partial charge in [0.15, 0.2) is 5.78 Å². The molecule has 1 amide bonds. The van der Waals surface area contributed by atoms with E-state index in [1.807, 2.05) is 0 Å². The number of hydrogen-bond donors (Lipinski definition) is 1. The van der Waals surface area contributed by atoms with Crippen molar-refractivity contribution in [2.75, 3.05) is 13.2 Å². The predicted molar refractivity (Wildman–Crippen MR) is 48.4 cm³/mol. The van der Waals surface area contributed by atoms with Crippen LogP contribution in [-0.4, -0.2) is 47.3 Å². The molecule has 1 aliphatic rings. The van der Waals surface area contributed by atoms with Crippen molar-refractivity contribution in [2.24, 2.45) is 5.10 Å². The molecule has 82 valence electrons. The molecule has 1 fully saturated rings. The van der Waals surface area contributed by atoms with Gasteiger partial charge in [-0.1, -0.05) is 0 Å². The van der Waals surface area contributed by atoms with Crippen LogP contribution in [0, 0.1) is 0 Å². The number of hydrogen-bond acceptors (Lipinski definition) is 5. The Morgan fingerprint density at radius 2 is 2.27 bits per heavy atom. The van der Waals surface area contributed by atoms with E-state index in [0.29, 0.717) is 6.54 Å². The molecule has 1 rings (SSSR count). The molecule has 0 spiro atoms. The highest BCUT2D eigenvalue weighted by atomic mass is 16.6. The van der Waals surface area contributed by atoms with Crippen LogP contribution in [-0.2, 0) is 14.3 Å². The Kier molecular flexibility index (Phi) is 3.78. The van der Waals surface area contributed by atoms with Crippen LogP contribution >= 0.6 is 0 Å². The van der Waals surface area contributed by atoms with Gasteiger partial charge < -0.3 is 9.84 Å². The maximum Gasteiger partial charge on any atom is 0.430 e. The molecule has 0 radical (unpaired) electrons. The summed E-state index contributed by atoms with van der Waals surface area (Å²) in [4.78, 5) is 32.0. The third-order valence-corrected chi connectivity index (χ3v) is 1.67. The number of carbonyl (C=O) groups is 3. The van der Waals surface area contributed by atoms with Crippen LogP contribution < -0.4 is 0 Å². The van der Waals surface area contributed by atoms with Gasteiger partial charge in [-0.05, 0) is 0 Å². The van der Waals surface area contributed by atoms with E-state index in [1.165, 1.54) is 0 Å². The number of carbonyl (C=O) groups excluding carboxylic acids is 2. The molecule has 0 atom stereocenters. The van der Waals surface area contributed by atoms with Gasteiger partial charge in [0.2, 0.25) is 0 Å². The lowest BCUT2D eigenvalue weighted by Crippen LogP contribution is -2.18. The molecule has 7 nitrogen and oxygen atoms in total. The Labute approximate surface area is 85.3 Å². The smallest absolute Gasteiger partial charge is 0.430 e. The van der Waals surface area contributed by atoms with E-state index in [1.54, 1.807) is 0 Å². The lowest BCUT2D eigenvalue weighted by Gasteiger charge is -2.02. The molecule has 0 aromatic carbocycles. The fourth-order valence-corrected chi connectivity index (χ4v) is 0.919. The normalized spacial score (nSPS) is 15.7. The molecule has 1 saturated heterocycles. The first-order chi connectivity index (χ1) is 7.09. The van der Waals surface area contributed by atoms with E-state index in [9.17, 15) is 14.4 Å². The molecular weight excluding hydrogens is 204 g/mol. The second kappa shape index (κ2) is 5.08. The van der Waals surface area contributed by atoms with Crippen molar-refractivity contribution in [3.63, 3.8) is 0 Å². The summed E-state index contributed by atoms with van der Waals surface area (Å²) in [5, 5.41) is 12.9. The number of aliphatic carboxylic acids is 1. The minimum Gasteiger partial charge on any atom is -0.481 e. The van der Waals surface area contributed by atoms with Gasteiger partial charge in [-0.2, -0.15) is 10.1 Å². The summed E-state index contributed by atoms with van der Waals surface area (Å²) in [5.41, 5.74) is 0. The summed E-state index contributed by atoms with van der Waals surface area (Å²) < 4.78 is 4.56. The molecule has 1 aliphatic heterocycles. The van der Waals surface area contributed by atoms with Crippen molar-refractivity contribution < 1.29 is 24.2 Å². The van der Waals surface area contributed by atoms with Crippen LogP contribution in [0.1, 0.15) is 12.8 Å². The van der Waals surface area contributed by atoms with E-state index < -0.39 is 17.8 Å². The zero-order valence-electron chi connectivity index (χ0n) is 7.88. The molecule has 1 N–H and O–H groups in total. The van der Waals surface area contributed by atoms with Crippen molar-refractivity contribution >= 4 is 24.1 Å². The standard InChI is InChI=1S/C8H10N2O5/c11-6(1-2-7(12)13)5-9-10-3-4-15-8(10)14/h5H,1-4H2,(H,12,13)/b9-5+. The molecular formula is C8H10N2O5. The van der Waals surface area contributed by atoms with Crippen LogP contribution in [0.25, 0.3) is 0 Å². The molecule has 15 heavy (non-hydrogen) atoms. The minimum atomic E-state index is -1.04. The largest absolute Gasteiger partial charge is 0.481 e. The fourth-order valence-electron chi connectivity index (χ4n) is 0.919. The van der Waals surface area contributed by atoms with Crippen molar-refractivity contribution in [2.45, 2.75) is 12.8 Å². The van der Waals surface area contributed by atoms with Crippen LogP contribution in [0.2, 0.25) is 0 Å². The summed E-state index contributed by atoms with van der Waals surface area (Å²) in [6.07, 6.45) is -0.0238. The van der Waals surface area contributed by atoms with E-state index in [-0.39, 0.29) is 19.4 Å². The van der Waals surface area contributed by atoms with Gasteiger partial charge in [-0.3, -0.25) is 9.59 Å². The summed E-state index contributed by atoms with van der Waals surface area (Å²) in [6, 6.07) is 0. The monoisotopic (exact) mass is 214 g/mol. The van der Waals surface area contributed by atoms with Gasteiger partial charge >= 0.3 is 12.1 Å². The van der Waals surface area contributed by atoms with Gasteiger partial charge in [0, 0.05) is 6.42 Å². The minimum absolute atomic E-state index is 0.123. The summed E-state index contributed by atoms with van der Waals surface area (Å²) in [7, 11) is 0. The summed E-state index contributed by atoms with van der Waals surface area (Å²) >= 11 is 0. The lowest BCUT2D eigenvalue weighted by molar-refractivity contribution is -0.138. The van der Waals surface area contributed by atoms with Gasteiger partial charge in [0.05, 0.1) is 19.2 Å². The number of Topliss-reactive ketones (excluding diaryl/α,β-unsaturated/α-hetero) is 1. The second-order valence-corrected chi connectivity index (χ2v) is 2.84. The van der Waals surface area contributed by atoms with E-state index in [4.69, 9.17) is 5.11 Å². The van der Waals surface area contributed by atoms with Crippen molar-refractivity contribution in [3.8, 4) is 0 Å². The van der Waals surface area contributed by atoms with Crippen molar-refractivity contribution in [3.05, 3.63) is 0 Å². The van der Waals surface area contributed by atoms with E-state index in [2.05, 4.69) is 9.84 Å². The highest BCUT2D eigenvalue weighted by Gasteiger charge is 2.20. The SMILES string of the molecule is O=C(O)CCC(=O)/C=N/N1CCOC1=O. The molecule has 0 unspecified atom stereocenters. The number of rotatable bonds is 5. The molecule has 0 aromatic heterocycles. The van der Waals surface area contributed by atoms with Crippen molar-refractivity contribution in [1.29, 1.82) is 0 Å². The Hall–Kier alpha value is -1.92. The number of hydrazone groups is 1. The maximum absolute atomic E-state index is 11.0. The first-order valence-corrected chi connectivity index (χ1v) is 4.32. The number of carboxylic acid groups (broad SMARTS) is 1. The Bertz CT molecular complexity index is 312. The third kappa shape index (κ3) is 3.75. The Morgan fingerprint density at radius 3 is 2.80 bits per heavy atom. The Balaban J connectivity index is 2.33. The zero-order valence-corrected chi connectivity index (χ0v) is 7.88. The number of amides is 1. The van der Waals surface area contributed by atoms with Gasteiger partial charge in [-0.15, -0.1) is 0 Å². The molecule has 0 aliphatic carbocycles. The number of nitrogens with zero attached hydrogens (tertiary/aromatic N) is 2. The summed E-state index contributed by atoms with van der Waals surface area (Å²) in [6.45, 7) is 0.557. The first-order valence-electron chi connectivity index (χ1n) is 4.32. The highest BCUT2D eigenvalue weighted by Crippen LogP contribution is 2.02. The maximum atomic E-state index is 11.0. The molecule has 0 bridgehead atoms. The van der Waals surface area contributed by atoms with Gasteiger partial charge in [0.1, 0.15) is 6.61 Å². The van der Waals surface area contributed by atoms with Gasteiger partial charge in [-0.25, -0.2) is 4.79 Å². The number of cyclic esters (lactones) is 1. The quantitative estimate of drug-likeness (QED) is 0.642. The van der Waals surface area contributed by atoms with Crippen LogP contribution in [0.3, 0.4) is 0 Å². The predicted octanol–water partition coefficient (Wildman–Crippen LogP) is -0.142. The number of carboxylic acids is 1. The number of ketones is 1. The molecule has 7 heteroatoms. The molecule has 1 heterocycles. The fraction of sp³-hybridized carbons (Fsp3) is 0.500. The molecule has 0 aromatic rings. The second-order valence-electron chi connectivity index (χ2n) is 2.84. The average molecular weight is 214 g/mol. The zero-order chi connectivity index (χ0) is 11.3. The molecule has 0 saturated carbocycles. The average Bonchev–Trinajstić information content (AvgIpc) is 2.58. The highest BCUT2D eigenvalue weighted by molar-refractivity contribution is 6.27. The Morgan fingerprint density at radius 1 is 1.53 bits per heavy atom. The third-order valence-electron chi connectivity index (χ3n) is 1.67. The van der Waals surface area contributed by atoms with Crippen LogP contribution in [0.15, 0.2) is 5.10 Å². The first kappa shape index (κ1) is 11.2.